The van der Waals surface area contributed by atoms with Crippen LogP contribution >= 0.6 is 0 Å². The van der Waals surface area contributed by atoms with Gasteiger partial charge in [-0.05, 0) is 53.9 Å². The fraction of sp³-hybridized carbons (Fsp3) is 0.375. The van der Waals surface area contributed by atoms with Crippen molar-refractivity contribution in [3.8, 4) is 23.3 Å². The molecule has 11 heteroatoms. The largest absolute Gasteiger partial charge is 0.493 e. The van der Waals surface area contributed by atoms with Crippen molar-refractivity contribution in [1.29, 1.82) is 5.26 Å². The molecule has 5 rings (SSSR count). The van der Waals surface area contributed by atoms with Gasteiger partial charge in [0, 0.05) is 39.4 Å². The summed E-state index contributed by atoms with van der Waals surface area (Å²) in [6.07, 6.45) is 1.85. The molecule has 11 nitrogen and oxygen atoms in total. The molecule has 1 fully saturated rings. The van der Waals surface area contributed by atoms with Gasteiger partial charge in [-0.2, -0.15) is 5.26 Å². The van der Waals surface area contributed by atoms with Gasteiger partial charge in [-0.3, -0.25) is 9.59 Å². The lowest BCUT2D eigenvalue weighted by atomic mass is 10.1. The summed E-state index contributed by atoms with van der Waals surface area (Å²) < 4.78 is 23.4. The summed E-state index contributed by atoms with van der Waals surface area (Å²) in [5.41, 5.74) is 2.29. The zero-order valence-corrected chi connectivity index (χ0v) is 24.3. The Balaban J connectivity index is 1.43. The number of carbonyl (C=O) groups excluding carboxylic acids is 2. The fourth-order valence-corrected chi connectivity index (χ4v) is 5.22. The van der Waals surface area contributed by atoms with Crippen LogP contribution in [0.15, 0.2) is 60.8 Å². The molecule has 1 N–H and O–H groups in total. The van der Waals surface area contributed by atoms with Gasteiger partial charge in [-0.1, -0.05) is 18.2 Å². The smallest absolute Gasteiger partial charge is 0.239 e. The van der Waals surface area contributed by atoms with Crippen LogP contribution in [-0.4, -0.2) is 80.8 Å². The Morgan fingerprint density at radius 1 is 1.07 bits per heavy atom. The lowest BCUT2D eigenvalue weighted by Gasteiger charge is -2.25. The third-order valence-corrected chi connectivity index (χ3v) is 7.51. The summed E-state index contributed by atoms with van der Waals surface area (Å²) in [7, 11) is 3.15. The normalized spacial score (nSPS) is 19.4. The Kier molecular flexibility index (Phi) is 9.71. The number of nitrogens with zero attached hydrogens (tertiary/aromatic N) is 4. The van der Waals surface area contributed by atoms with E-state index in [0.29, 0.717) is 67.9 Å². The highest BCUT2D eigenvalue weighted by molar-refractivity contribution is 5.85. The maximum absolute atomic E-state index is 13.3. The molecule has 43 heavy (non-hydrogen) atoms. The zero-order valence-electron chi connectivity index (χ0n) is 24.3. The van der Waals surface area contributed by atoms with E-state index in [4.69, 9.17) is 24.2 Å². The molecular formula is C32H35N5O6. The highest BCUT2D eigenvalue weighted by atomic mass is 16.5. The van der Waals surface area contributed by atoms with Crippen LogP contribution in [0.2, 0.25) is 0 Å². The van der Waals surface area contributed by atoms with Crippen LogP contribution in [0.4, 0.5) is 5.82 Å². The van der Waals surface area contributed by atoms with Gasteiger partial charge in [0.25, 0.3) is 0 Å². The minimum atomic E-state index is -0.357. The predicted octanol–water partition coefficient (Wildman–Crippen LogP) is 3.07. The van der Waals surface area contributed by atoms with Gasteiger partial charge in [0.05, 0.1) is 44.6 Å². The topological polar surface area (TPSA) is 126 Å². The number of nitriles is 1. The average molecular weight is 586 g/mol. The molecule has 2 aliphatic rings. The molecule has 0 aliphatic carbocycles. The lowest BCUT2D eigenvalue weighted by molar-refractivity contribution is -0.137. The van der Waals surface area contributed by atoms with Crippen molar-refractivity contribution in [3.63, 3.8) is 0 Å². The van der Waals surface area contributed by atoms with Crippen LogP contribution in [0, 0.1) is 11.3 Å². The van der Waals surface area contributed by atoms with E-state index in [2.05, 4.69) is 16.4 Å². The number of benzene rings is 2. The van der Waals surface area contributed by atoms with Crippen molar-refractivity contribution in [3.05, 3.63) is 77.5 Å². The Morgan fingerprint density at radius 3 is 2.72 bits per heavy atom. The highest BCUT2D eigenvalue weighted by Crippen LogP contribution is 2.33. The molecule has 1 saturated heterocycles. The van der Waals surface area contributed by atoms with E-state index in [1.165, 1.54) is 11.1 Å². The fourth-order valence-electron chi connectivity index (χ4n) is 5.22. The molecule has 0 unspecified atom stereocenters. The van der Waals surface area contributed by atoms with E-state index in [0.717, 1.165) is 11.1 Å². The van der Waals surface area contributed by atoms with Gasteiger partial charge >= 0.3 is 0 Å². The van der Waals surface area contributed by atoms with Gasteiger partial charge in [-0.15, -0.1) is 0 Å². The van der Waals surface area contributed by atoms with Gasteiger partial charge in [-0.25, -0.2) is 4.98 Å². The molecule has 224 valence electrons. The van der Waals surface area contributed by atoms with Crippen LogP contribution in [0.3, 0.4) is 0 Å². The first kappa shape index (κ1) is 29.8. The molecule has 2 aromatic carbocycles. The second kappa shape index (κ2) is 14.0. The van der Waals surface area contributed by atoms with Crippen LogP contribution in [0.5, 0.6) is 17.2 Å². The van der Waals surface area contributed by atoms with E-state index < -0.39 is 0 Å². The number of pyridine rings is 1. The first-order valence-electron chi connectivity index (χ1n) is 14.2. The van der Waals surface area contributed by atoms with E-state index in [9.17, 15) is 9.59 Å². The molecule has 4 bridgehead atoms. The standard InChI is InChI=1S/C32H35N5O6/c1-40-13-12-36-20-31(38)35-26-18-37(30-10-7-24(16-33)17-34-30)19-29(26)42-21-23-4-3-5-25(14-23)43-28-15-22(8-11-32(36)39)6-9-27(28)41-2/h3-7,9-10,14-15,17,26,29H,8,11-13,18-21H2,1-2H3,(H,35,38)/t26-,29-/m0/s1. The van der Waals surface area contributed by atoms with E-state index >= 15 is 0 Å². The number of hydrogen-bond donors (Lipinski definition) is 1. The summed E-state index contributed by atoms with van der Waals surface area (Å²) in [6, 6.07) is 18.5. The number of anilines is 1. The van der Waals surface area contributed by atoms with Crippen molar-refractivity contribution in [1.82, 2.24) is 15.2 Å². The van der Waals surface area contributed by atoms with Gasteiger partial charge in [0.1, 0.15) is 17.6 Å². The Hall–Kier alpha value is -4.66. The second-order valence-corrected chi connectivity index (χ2v) is 10.5. The molecule has 0 saturated carbocycles. The number of aromatic nitrogens is 1. The minimum Gasteiger partial charge on any atom is -0.493 e. The number of nitrogens with one attached hydrogen (secondary N) is 1. The quantitative estimate of drug-likeness (QED) is 0.481. The van der Waals surface area contributed by atoms with Crippen molar-refractivity contribution < 1.29 is 28.5 Å². The van der Waals surface area contributed by atoms with Crippen molar-refractivity contribution in [2.45, 2.75) is 31.6 Å². The number of ether oxygens (including phenoxy) is 4. The third-order valence-electron chi connectivity index (χ3n) is 7.51. The molecule has 0 spiro atoms. The Bertz CT molecular complexity index is 1470. The number of amides is 2. The number of rotatable bonds is 5. The molecule has 3 heterocycles. The lowest BCUT2D eigenvalue weighted by Crippen LogP contribution is -2.49. The highest BCUT2D eigenvalue weighted by Gasteiger charge is 2.36. The summed E-state index contributed by atoms with van der Waals surface area (Å²) in [5, 5.41) is 12.2. The van der Waals surface area contributed by atoms with Crippen molar-refractivity contribution in [2.24, 2.45) is 0 Å². The van der Waals surface area contributed by atoms with Gasteiger partial charge in [0.2, 0.25) is 11.8 Å². The summed E-state index contributed by atoms with van der Waals surface area (Å²) in [5.74, 6) is 2.01. The number of fused-ring (bicyclic) bond motifs is 5. The molecule has 0 radical (unpaired) electrons. The molecular weight excluding hydrogens is 550 g/mol. The number of methoxy groups -OCH3 is 2. The summed E-state index contributed by atoms with van der Waals surface area (Å²) >= 11 is 0. The predicted molar refractivity (Wildman–Crippen MR) is 158 cm³/mol. The molecule has 2 amide bonds. The zero-order chi connectivity index (χ0) is 30.2. The number of aryl methyl sites for hydroxylation is 1. The molecule has 3 aromatic rings. The van der Waals surface area contributed by atoms with Gasteiger partial charge < -0.3 is 34.1 Å². The van der Waals surface area contributed by atoms with E-state index in [-0.39, 0.29) is 36.9 Å². The first-order chi connectivity index (χ1) is 20.9. The van der Waals surface area contributed by atoms with E-state index in [1.807, 2.05) is 47.4 Å². The summed E-state index contributed by atoms with van der Waals surface area (Å²) in [6.45, 7) is 1.73. The van der Waals surface area contributed by atoms with Crippen LogP contribution in [0.1, 0.15) is 23.1 Å². The van der Waals surface area contributed by atoms with Crippen LogP contribution in [-0.2, 0) is 32.1 Å². The Labute approximate surface area is 250 Å². The SMILES string of the molecule is COCCN1CC(=O)N[C@H]2CN(c3ccc(C#N)cn3)C[C@@H]2OCc2cccc(c2)Oc2cc(ccc2OC)CCC1=O. The second-order valence-electron chi connectivity index (χ2n) is 10.5. The minimum absolute atomic E-state index is 0.0977. The average Bonchev–Trinajstić information content (AvgIpc) is 3.42. The number of hydrogen-bond acceptors (Lipinski definition) is 9. The van der Waals surface area contributed by atoms with Gasteiger partial charge in [0.15, 0.2) is 11.5 Å². The first-order valence-corrected chi connectivity index (χ1v) is 14.2. The molecule has 2 atom stereocenters. The third kappa shape index (κ3) is 7.60. The van der Waals surface area contributed by atoms with Crippen LogP contribution < -0.4 is 19.7 Å². The maximum atomic E-state index is 13.3. The monoisotopic (exact) mass is 585 g/mol. The molecule has 2 aliphatic heterocycles. The van der Waals surface area contributed by atoms with E-state index in [1.54, 1.807) is 26.4 Å². The van der Waals surface area contributed by atoms with Crippen molar-refractivity contribution in [2.75, 3.05) is 51.9 Å². The maximum Gasteiger partial charge on any atom is 0.239 e. The van der Waals surface area contributed by atoms with Crippen molar-refractivity contribution >= 4 is 17.6 Å². The molecule has 1 aromatic heterocycles. The van der Waals surface area contributed by atoms with Crippen LogP contribution in [0.25, 0.3) is 0 Å². The Morgan fingerprint density at radius 2 is 1.95 bits per heavy atom. The summed E-state index contributed by atoms with van der Waals surface area (Å²) in [4.78, 5) is 34.6. The number of carbonyl (C=O) groups is 2.